The van der Waals surface area contributed by atoms with Gasteiger partial charge in [0.1, 0.15) is 5.01 Å². The van der Waals surface area contributed by atoms with Crippen molar-refractivity contribution in [2.45, 2.75) is 26.0 Å². The molecule has 6 heteroatoms. The Hall–Kier alpha value is -0.720. The maximum Gasteiger partial charge on any atom is 0.203 e. The third-order valence-electron chi connectivity index (χ3n) is 2.52. The molecule has 0 amide bonds. The summed E-state index contributed by atoms with van der Waals surface area (Å²) in [5, 5.41) is 9.37. The first-order valence-electron chi connectivity index (χ1n) is 5.19. The zero-order valence-corrected chi connectivity index (χ0v) is 9.66. The van der Waals surface area contributed by atoms with Crippen molar-refractivity contribution in [3.8, 4) is 0 Å². The van der Waals surface area contributed by atoms with Crippen LogP contribution in [-0.2, 0) is 11.3 Å². The van der Waals surface area contributed by atoms with Crippen LogP contribution in [0.1, 0.15) is 18.4 Å². The molecule has 1 aromatic heterocycles. The van der Waals surface area contributed by atoms with Crippen LogP contribution in [-0.4, -0.2) is 40.9 Å². The monoisotopic (exact) mass is 228 g/mol. The van der Waals surface area contributed by atoms with Crippen LogP contribution in [0.3, 0.4) is 0 Å². The predicted molar refractivity (Wildman–Crippen MR) is 59.6 cm³/mol. The molecule has 1 aliphatic rings. The minimum absolute atomic E-state index is 0.365. The SMILES string of the molecule is CCC1CN(Cc2nnc(N)s2)CCO1. The molecule has 0 saturated carbocycles. The maximum atomic E-state index is 5.60. The Morgan fingerprint density at radius 3 is 3.13 bits per heavy atom. The molecule has 5 nitrogen and oxygen atoms in total. The van der Waals surface area contributed by atoms with Gasteiger partial charge in [-0.05, 0) is 6.42 Å². The van der Waals surface area contributed by atoms with Gasteiger partial charge in [0.05, 0.1) is 19.3 Å². The molecule has 1 unspecified atom stereocenters. The van der Waals surface area contributed by atoms with Crippen LogP contribution in [0.2, 0.25) is 0 Å². The van der Waals surface area contributed by atoms with Gasteiger partial charge >= 0.3 is 0 Å². The molecule has 1 aromatic rings. The molecule has 0 aliphatic carbocycles. The van der Waals surface area contributed by atoms with E-state index in [1.165, 1.54) is 11.3 Å². The first-order chi connectivity index (χ1) is 7.28. The minimum atomic E-state index is 0.365. The van der Waals surface area contributed by atoms with Gasteiger partial charge in [0, 0.05) is 13.1 Å². The maximum absolute atomic E-state index is 5.60. The van der Waals surface area contributed by atoms with E-state index in [2.05, 4.69) is 22.0 Å². The number of ether oxygens (including phenoxy) is 1. The third-order valence-corrected chi connectivity index (χ3v) is 3.26. The van der Waals surface area contributed by atoms with Gasteiger partial charge < -0.3 is 10.5 Å². The molecule has 1 atom stereocenters. The van der Waals surface area contributed by atoms with Gasteiger partial charge in [-0.15, -0.1) is 10.2 Å². The van der Waals surface area contributed by atoms with Crippen molar-refractivity contribution in [2.75, 3.05) is 25.4 Å². The summed E-state index contributed by atoms with van der Waals surface area (Å²) in [5.41, 5.74) is 5.54. The smallest absolute Gasteiger partial charge is 0.203 e. The minimum Gasteiger partial charge on any atom is -0.376 e. The van der Waals surface area contributed by atoms with E-state index in [9.17, 15) is 0 Å². The van der Waals surface area contributed by atoms with E-state index in [0.717, 1.165) is 37.7 Å². The molecule has 0 spiro atoms. The summed E-state index contributed by atoms with van der Waals surface area (Å²) in [6.45, 7) is 5.75. The van der Waals surface area contributed by atoms with Crippen LogP contribution in [0.5, 0.6) is 0 Å². The lowest BCUT2D eigenvalue weighted by atomic mass is 10.2. The van der Waals surface area contributed by atoms with Crippen molar-refractivity contribution in [3.05, 3.63) is 5.01 Å². The molecule has 0 radical (unpaired) electrons. The van der Waals surface area contributed by atoms with Crippen molar-refractivity contribution in [2.24, 2.45) is 0 Å². The summed E-state index contributed by atoms with van der Waals surface area (Å²) >= 11 is 1.46. The number of hydrogen-bond donors (Lipinski definition) is 1. The Kier molecular flexibility index (Phi) is 3.50. The van der Waals surface area contributed by atoms with Gasteiger partial charge in [-0.25, -0.2) is 0 Å². The first kappa shape index (κ1) is 10.8. The molecular weight excluding hydrogens is 212 g/mol. The molecule has 2 rings (SSSR count). The highest BCUT2D eigenvalue weighted by Gasteiger charge is 2.19. The lowest BCUT2D eigenvalue weighted by molar-refractivity contribution is -0.0325. The van der Waals surface area contributed by atoms with E-state index in [-0.39, 0.29) is 0 Å². The standard InChI is InChI=1S/C9H16N4OS/c1-2-7-5-13(3-4-14-7)6-8-11-12-9(10)15-8/h7H,2-6H2,1H3,(H2,10,12). The Bertz CT molecular complexity index is 317. The Morgan fingerprint density at radius 1 is 1.60 bits per heavy atom. The zero-order chi connectivity index (χ0) is 10.7. The van der Waals surface area contributed by atoms with Gasteiger partial charge in [-0.2, -0.15) is 0 Å². The molecule has 0 bridgehead atoms. The molecule has 2 N–H and O–H groups in total. The fourth-order valence-electron chi connectivity index (χ4n) is 1.69. The van der Waals surface area contributed by atoms with E-state index in [0.29, 0.717) is 11.2 Å². The number of morpholine rings is 1. The number of rotatable bonds is 3. The quantitative estimate of drug-likeness (QED) is 0.826. The van der Waals surface area contributed by atoms with Gasteiger partial charge in [0.25, 0.3) is 0 Å². The fraction of sp³-hybridized carbons (Fsp3) is 0.778. The van der Waals surface area contributed by atoms with Crippen molar-refractivity contribution in [1.29, 1.82) is 0 Å². The second-order valence-corrected chi connectivity index (χ2v) is 4.76. The van der Waals surface area contributed by atoms with Crippen molar-refractivity contribution in [1.82, 2.24) is 15.1 Å². The second-order valence-electron chi connectivity index (χ2n) is 3.67. The zero-order valence-electron chi connectivity index (χ0n) is 8.85. The molecular formula is C9H16N4OS. The highest BCUT2D eigenvalue weighted by Crippen LogP contribution is 2.16. The summed E-state index contributed by atoms with van der Waals surface area (Å²) < 4.78 is 5.60. The summed E-state index contributed by atoms with van der Waals surface area (Å²) in [7, 11) is 0. The second kappa shape index (κ2) is 4.87. The summed E-state index contributed by atoms with van der Waals surface area (Å²) in [5.74, 6) is 0. The normalized spacial score (nSPS) is 23.1. The Morgan fingerprint density at radius 2 is 2.47 bits per heavy atom. The van der Waals surface area contributed by atoms with Crippen LogP contribution in [0.15, 0.2) is 0 Å². The summed E-state index contributed by atoms with van der Waals surface area (Å²) in [6, 6.07) is 0. The van der Waals surface area contributed by atoms with Gasteiger partial charge in [-0.1, -0.05) is 18.3 Å². The average Bonchev–Trinajstić information content (AvgIpc) is 2.64. The van der Waals surface area contributed by atoms with Crippen molar-refractivity contribution >= 4 is 16.5 Å². The molecule has 1 saturated heterocycles. The van der Waals surface area contributed by atoms with Crippen molar-refractivity contribution in [3.63, 3.8) is 0 Å². The molecule has 15 heavy (non-hydrogen) atoms. The molecule has 1 fully saturated rings. The molecule has 84 valence electrons. The number of hydrogen-bond acceptors (Lipinski definition) is 6. The first-order valence-corrected chi connectivity index (χ1v) is 6.01. The topological polar surface area (TPSA) is 64.3 Å². The van der Waals surface area contributed by atoms with Crippen LogP contribution in [0.25, 0.3) is 0 Å². The molecule has 0 aromatic carbocycles. The van der Waals surface area contributed by atoms with Gasteiger partial charge in [0.15, 0.2) is 0 Å². The van der Waals surface area contributed by atoms with E-state index in [1.807, 2.05) is 0 Å². The Balaban J connectivity index is 1.88. The average molecular weight is 228 g/mol. The Labute approximate surface area is 93.2 Å². The van der Waals surface area contributed by atoms with E-state index in [4.69, 9.17) is 10.5 Å². The summed E-state index contributed by atoms with van der Waals surface area (Å²) in [6.07, 6.45) is 1.43. The third kappa shape index (κ3) is 2.87. The lowest BCUT2D eigenvalue weighted by Crippen LogP contribution is -2.41. The van der Waals surface area contributed by atoms with Crippen LogP contribution in [0, 0.1) is 0 Å². The van der Waals surface area contributed by atoms with E-state index in [1.54, 1.807) is 0 Å². The number of nitrogen functional groups attached to an aromatic ring is 1. The van der Waals surface area contributed by atoms with E-state index >= 15 is 0 Å². The number of anilines is 1. The fourth-order valence-corrected chi connectivity index (χ4v) is 2.34. The van der Waals surface area contributed by atoms with Crippen LogP contribution >= 0.6 is 11.3 Å². The predicted octanol–water partition coefficient (Wildman–Crippen LogP) is 0.731. The van der Waals surface area contributed by atoms with E-state index < -0.39 is 0 Å². The van der Waals surface area contributed by atoms with Crippen LogP contribution < -0.4 is 5.73 Å². The summed E-state index contributed by atoms with van der Waals surface area (Å²) in [4.78, 5) is 2.34. The highest BCUT2D eigenvalue weighted by molar-refractivity contribution is 7.15. The van der Waals surface area contributed by atoms with Crippen molar-refractivity contribution < 1.29 is 4.74 Å². The number of aromatic nitrogens is 2. The van der Waals surface area contributed by atoms with Gasteiger partial charge in [0.2, 0.25) is 5.13 Å². The lowest BCUT2D eigenvalue weighted by Gasteiger charge is -2.31. The number of nitrogens with two attached hydrogens (primary N) is 1. The van der Waals surface area contributed by atoms with Gasteiger partial charge in [-0.3, -0.25) is 4.90 Å². The largest absolute Gasteiger partial charge is 0.376 e. The highest BCUT2D eigenvalue weighted by atomic mass is 32.1. The molecule has 2 heterocycles. The molecule has 1 aliphatic heterocycles. The van der Waals surface area contributed by atoms with Crippen LogP contribution in [0.4, 0.5) is 5.13 Å². The number of nitrogens with zero attached hydrogens (tertiary/aromatic N) is 3.